The van der Waals surface area contributed by atoms with Crippen molar-refractivity contribution in [3.63, 3.8) is 0 Å². The molecule has 6 heteroatoms. The molecule has 0 amide bonds. The van der Waals surface area contributed by atoms with E-state index >= 15 is 0 Å². The molecule has 7 N–H and O–H groups in total. The van der Waals surface area contributed by atoms with Crippen LogP contribution in [0, 0.1) is 5.41 Å². The van der Waals surface area contributed by atoms with Gasteiger partial charge in [-0.25, -0.2) is 0 Å². The predicted molar refractivity (Wildman–Crippen MR) is 99.9 cm³/mol. The van der Waals surface area contributed by atoms with Crippen LogP contribution in [0.5, 0.6) is 11.5 Å². The van der Waals surface area contributed by atoms with Crippen LogP contribution in [0.1, 0.15) is 36.6 Å². The third-order valence-electron chi connectivity index (χ3n) is 3.76. The standard InChI is InChI=1S/C19H26N4O2/c20-18(21)14-4-8-16(9-5-14)24-12-2-1-3-13-25-17-10-6-15(7-11-17)19(22)23/h4-11,18H,1-3,12-13,20-21H2,(H3,22,23). The van der Waals surface area contributed by atoms with Gasteiger partial charge in [0.1, 0.15) is 17.3 Å². The van der Waals surface area contributed by atoms with Gasteiger partial charge in [-0.15, -0.1) is 0 Å². The molecule has 6 nitrogen and oxygen atoms in total. The maximum atomic E-state index is 7.34. The summed E-state index contributed by atoms with van der Waals surface area (Å²) in [6.07, 6.45) is 2.49. The van der Waals surface area contributed by atoms with Crippen molar-refractivity contribution in [1.29, 1.82) is 5.41 Å². The van der Waals surface area contributed by atoms with Gasteiger partial charge in [-0.1, -0.05) is 12.1 Å². The van der Waals surface area contributed by atoms with Crippen molar-refractivity contribution < 1.29 is 9.47 Å². The van der Waals surface area contributed by atoms with E-state index in [1.165, 1.54) is 0 Å². The van der Waals surface area contributed by atoms with Gasteiger partial charge in [0.25, 0.3) is 0 Å². The Morgan fingerprint density at radius 3 is 1.72 bits per heavy atom. The molecule has 0 saturated heterocycles. The first-order valence-electron chi connectivity index (χ1n) is 8.37. The summed E-state index contributed by atoms with van der Waals surface area (Å²) in [7, 11) is 0. The highest BCUT2D eigenvalue weighted by molar-refractivity contribution is 5.94. The van der Waals surface area contributed by atoms with Crippen LogP contribution >= 0.6 is 0 Å². The number of hydrogen-bond acceptors (Lipinski definition) is 5. The number of nitrogens with two attached hydrogens (primary N) is 3. The molecule has 0 aromatic heterocycles. The van der Waals surface area contributed by atoms with Gasteiger partial charge in [0, 0.05) is 5.56 Å². The fourth-order valence-electron chi connectivity index (χ4n) is 2.28. The quantitative estimate of drug-likeness (QED) is 0.229. The third-order valence-corrected chi connectivity index (χ3v) is 3.76. The van der Waals surface area contributed by atoms with Gasteiger partial charge in [0.15, 0.2) is 0 Å². The number of rotatable bonds is 10. The first-order chi connectivity index (χ1) is 12.1. The summed E-state index contributed by atoms with van der Waals surface area (Å²) in [5.41, 5.74) is 18.2. The molecule has 0 aliphatic rings. The van der Waals surface area contributed by atoms with Gasteiger partial charge < -0.3 is 26.7 Å². The summed E-state index contributed by atoms with van der Waals surface area (Å²) in [5.74, 6) is 1.68. The Hall–Kier alpha value is -2.57. The van der Waals surface area contributed by atoms with Crippen molar-refractivity contribution in [3.8, 4) is 11.5 Å². The number of benzene rings is 2. The molecule has 0 aliphatic carbocycles. The van der Waals surface area contributed by atoms with Gasteiger partial charge in [-0.05, 0) is 61.2 Å². The molecule has 0 atom stereocenters. The molecule has 2 aromatic rings. The molecule has 2 aromatic carbocycles. The molecule has 0 bridgehead atoms. The number of ether oxygens (including phenoxy) is 2. The first kappa shape index (κ1) is 18.8. The zero-order valence-electron chi connectivity index (χ0n) is 14.3. The Balaban J connectivity index is 1.56. The lowest BCUT2D eigenvalue weighted by Gasteiger charge is -2.09. The van der Waals surface area contributed by atoms with Gasteiger partial charge >= 0.3 is 0 Å². The smallest absolute Gasteiger partial charge is 0.122 e. The normalized spacial score (nSPS) is 10.7. The Kier molecular flexibility index (Phi) is 7.25. The molecule has 0 spiro atoms. The van der Waals surface area contributed by atoms with Crippen molar-refractivity contribution in [2.24, 2.45) is 17.2 Å². The second-order valence-electron chi connectivity index (χ2n) is 5.79. The van der Waals surface area contributed by atoms with Gasteiger partial charge in [0.05, 0.1) is 19.4 Å². The minimum Gasteiger partial charge on any atom is -0.494 e. The van der Waals surface area contributed by atoms with Gasteiger partial charge in [0.2, 0.25) is 0 Å². The number of nitrogen functional groups attached to an aromatic ring is 1. The van der Waals surface area contributed by atoms with Gasteiger partial charge in [-0.2, -0.15) is 0 Å². The number of amidine groups is 1. The van der Waals surface area contributed by atoms with Crippen LogP contribution in [-0.2, 0) is 0 Å². The molecule has 0 aliphatic heterocycles. The molecule has 0 radical (unpaired) electrons. The van der Waals surface area contributed by atoms with Crippen molar-refractivity contribution >= 4 is 5.84 Å². The molecule has 25 heavy (non-hydrogen) atoms. The topological polar surface area (TPSA) is 120 Å². The Morgan fingerprint density at radius 1 is 0.800 bits per heavy atom. The lowest BCUT2D eigenvalue weighted by Crippen LogP contribution is -2.19. The lowest BCUT2D eigenvalue weighted by atomic mass is 10.2. The van der Waals surface area contributed by atoms with E-state index in [9.17, 15) is 0 Å². The van der Waals surface area contributed by atoms with Crippen LogP contribution in [0.4, 0.5) is 0 Å². The lowest BCUT2D eigenvalue weighted by molar-refractivity contribution is 0.279. The van der Waals surface area contributed by atoms with Crippen LogP contribution in [-0.4, -0.2) is 19.0 Å². The highest BCUT2D eigenvalue weighted by Gasteiger charge is 2.00. The van der Waals surface area contributed by atoms with E-state index in [-0.39, 0.29) is 5.84 Å². The summed E-state index contributed by atoms with van der Waals surface area (Å²) in [5, 5.41) is 7.34. The van der Waals surface area contributed by atoms with Crippen LogP contribution in [0.2, 0.25) is 0 Å². The highest BCUT2D eigenvalue weighted by atomic mass is 16.5. The largest absolute Gasteiger partial charge is 0.494 e. The maximum absolute atomic E-state index is 7.34. The Bertz CT molecular complexity index is 654. The number of hydrogen-bond donors (Lipinski definition) is 4. The van der Waals surface area contributed by atoms with Crippen molar-refractivity contribution in [3.05, 3.63) is 59.7 Å². The van der Waals surface area contributed by atoms with E-state index in [1.54, 1.807) is 12.1 Å². The van der Waals surface area contributed by atoms with Crippen molar-refractivity contribution in [2.45, 2.75) is 25.4 Å². The molecule has 0 heterocycles. The highest BCUT2D eigenvalue weighted by Crippen LogP contribution is 2.15. The molecular weight excluding hydrogens is 316 g/mol. The molecule has 134 valence electrons. The predicted octanol–water partition coefficient (Wildman–Crippen LogP) is 2.51. The Labute approximate surface area is 148 Å². The third kappa shape index (κ3) is 6.45. The number of unbranched alkanes of at least 4 members (excludes halogenated alkanes) is 2. The second kappa shape index (κ2) is 9.66. The average Bonchev–Trinajstić information content (AvgIpc) is 2.61. The van der Waals surface area contributed by atoms with E-state index < -0.39 is 6.17 Å². The van der Waals surface area contributed by atoms with Gasteiger partial charge in [-0.3, -0.25) is 5.41 Å². The zero-order valence-corrected chi connectivity index (χ0v) is 14.3. The van der Waals surface area contributed by atoms with E-state index in [0.717, 1.165) is 36.3 Å². The summed E-state index contributed by atoms with van der Waals surface area (Å²) in [6, 6.07) is 14.8. The summed E-state index contributed by atoms with van der Waals surface area (Å²) in [6.45, 7) is 1.32. The minimum atomic E-state index is -0.451. The van der Waals surface area contributed by atoms with Crippen molar-refractivity contribution in [1.82, 2.24) is 0 Å². The molecule has 0 fully saturated rings. The van der Waals surface area contributed by atoms with Crippen LogP contribution < -0.4 is 26.7 Å². The van der Waals surface area contributed by atoms with Crippen molar-refractivity contribution in [2.75, 3.05) is 13.2 Å². The summed E-state index contributed by atoms with van der Waals surface area (Å²) in [4.78, 5) is 0. The van der Waals surface area contributed by atoms with E-state index in [4.69, 9.17) is 32.1 Å². The maximum Gasteiger partial charge on any atom is 0.122 e. The van der Waals surface area contributed by atoms with Crippen LogP contribution in [0.25, 0.3) is 0 Å². The average molecular weight is 342 g/mol. The molecule has 0 unspecified atom stereocenters. The minimum absolute atomic E-state index is 0.0621. The summed E-state index contributed by atoms with van der Waals surface area (Å²) >= 11 is 0. The molecule has 0 saturated carbocycles. The summed E-state index contributed by atoms with van der Waals surface area (Å²) < 4.78 is 11.4. The monoisotopic (exact) mass is 342 g/mol. The zero-order chi connectivity index (χ0) is 18.1. The van der Waals surface area contributed by atoms with E-state index in [0.29, 0.717) is 18.8 Å². The van der Waals surface area contributed by atoms with E-state index in [2.05, 4.69) is 0 Å². The van der Waals surface area contributed by atoms with Crippen LogP contribution in [0.15, 0.2) is 48.5 Å². The fraction of sp³-hybridized carbons (Fsp3) is 0.316. The molecule has 2 rings (SSSR count). The Morgan fingerprint density at radius 2 is 1.28 bits per heavy atom. The first-order valence-corrected chi connectivity index (χ1v) is 8.37. The van der Waals surface area contributed by atoms with Crippen LogP contribution in [0.3, 0.4) is 0 Å². The van der Waals surface area contributed by atoms with E-state index in [1.807, 2.05) is 36.4 Å². The fourth-order valence-corrected chi connectivity index (χ4v) is 2.28. The number of nitrogens with one attached hydrogen (secondary N) is 1. The SMILES string of the molecule is N=C(N)c1ccc(OCCCCCOc2ccc(C(N)N)cc2)cc1. The molecular formula is C19H26N4O2. The second-order valence-corrected chi connectivity index (χ2v) is 5.79.